The normalized spacial score (nSPS) is 11.5. The van der Waals surface area contributed by atoms with Crippen molar-refractivity contribution in [3.05, 3.63) is 70.1 Å². The third-order valence-electron chi connectivity index (χ3n) is 3.24. The van der Waals surface area contributed by atoms with Gasteiger partial charge in [-0.3, -0.25) is 20.5 Å². The number of para-hydroxylation sites is 1. The first-order valence-electron chi connectivity index (χ1n) is 7.20. The molecule has 2 heterocycles. The van der Waals surface area contributed by atoms with Gasteiger partial charge in [0.25, 0.3) is 0 Å². The Balaban J connectivity index is 1.70. The van der Waals surface area contributed by atoms with Gasteiger partial charge in [-0.15, -0.1) is 0 Å². The molecule has 0 saturated carbocycles. The molecule has 0 aliphatic rings. The van der Waals surface area contributed by atoms with Crippen molar-refractivity contribution >= 4 is 34.8 Å². The molecule has 0 aliphatic carbocycles. The molecule has 7 nitrogen and oxygen atoms in total. The number of pyridine rings is 1. The molecule has 0 saturated heterocycles. The van der Waals surface area contributed by atoms with Crippen molar-refractivity contribution in [3.8, 4) is 0 Å². The number of fused-ring (bicyclic) bond motifs is 1. The van der Waals surface area contributed by atoms with Gasteiger partial charge in [-0.1, -0.05) is 18.2 Å². The predicted molar refractivity (Wildman–Crippen MR) is 93.0 cm³/mol. The van der Waals surface area contributed by atoms with E-state index in [9.17, 15) is 10.1 Å². The quantitative estimate of drug-likeness (QED) is 0.432. The lowest BCUT2D eigenvalue weighted by Crippen LogP contribution is -1.93. The summed E-state index contributed by atoms with van der Waals surface area (Å²) < 4.78 is 5.01. The summed E-state index contributed by atoms with van der Waals surface area (Å²) in [5.74, 6) is 0.0989. The van der Waals surface area contributed by atoms with E-state index in [2.05, 4.69) is 15.5 Å². The highest BCUT2D eigenvalue weighted by Gasteiger charge is 2.09. The molecule has 7 heteroatoms. The minimum Gasteiger partial charge on any atom is -0.401 e. The van der Waals surface area contributed by atoms with Gasteiger partial charge in [-0.2, -0.15) is 5.10 Å². The number of hydrogen-bond donors (Lipinski definition) is 1. The number of aryl methyl sites for hydroxylation is 1. The molecule has 1 aromatic carbocycles. The van der Waals surface area contributed by atoms with Crippen molar-refractivity contribution in [1.29, 1.82) is 0 Å². The highest BCUT2D eigenvalue weighted by Crippen LogP contribution is 2.22. The largest absolute Gasteiger partial charge is 0.433 e. The zero-order chi connectivity index (χ0) is 16.9. The molecule has 0 spiro atoms. The van der Waals surface area contributed by atoms with E-state index in [1.165, 1.54) is 12.1 Å². The summed E-state index contributed by atoms with van der Waals surface area (Å²) >= 11 is 0. The van der Waals surface area contributed by atoms with Crippen LogP contribution in [0.1, 0.15) is 11.5 Å². The molecule has 1 N–H and O–H groups in total. The fourth-order valence-corrected chi connectivity index (χ4v) is 2.22. The first-order valence-corrected chi connectivity index (χ1v) is 7.20. The standard InChI is InChI=1S/C17H14N4O3/c1-12-11-16(14-6-2-3-7-15(14)19-12)20-18-10-4-5-13-8-9-17(24-13)21(22)23/h2-11H,1H3,(H,19,20)/b5-4+,18-10-. The minimum absolute atomic E-state index is 0.288. The van der Waals surface area contributed by atoms with Crippen LogP contribution in [0, 0.1) is 17.0 Å². The molecule has 0 bridgehead atoms. The Morgan fingerprint density at radius 3 is 2.92 bits per heavy atom. The van der Waals surface area contributed by atoms with Crippen molar-refractivity contribution < 1.29 is 9.34 Å². The Hall–Kier alpha value is -3.48. The number of hydrazone groups is 1. The van der Waals surface area contributed by atoms with Gasteiger partial charge in [0.15, 0.2) is 0 Å². The zero-order valence-corrected chi connectivity index (χ0v) is 12.8. The Labute approximate surface area is 137 Å². The number of rotatable bonds is 5. The number of furan rings is 1. The van der Waals surface area contributed by atoms with Gasteiger partial charge >= 0.3 is 5.88 Å². The van der Waals surface area contributed by atoms with Crippen molar-refractivity contribution in [1.82, 2.24) is 4.98 Å². The third-order valence-corrected chi connectivity index (χ3v) is 3.24. The third kappa shape index (κ3) is 3.46. The summed E-state index contributed by atoms with van der Waals surface area (Å²) in [6, 6.07) is 12.5. The highest BCUT2D eigenvalue weighted by molar-refractivity contribution is 5.91. The molecule has 3 aromatic rings. The summed E-state index contributed by atoms with van der Waals surface area (Å²) in [6.07, 6.45) is 4.76. The predicted octanol–water partition coefficient (Wildman–Crippen LogP) is 4.16. The van der Waals surface area contributed by atoms with E-state index in [1.54, 1.807) is 18.4 Å². The van der Waals surface area contributed by atoms with Gasteiger partial charge in [0.1, 0.15) is 10.7 Å². The van der Waals surface area contributed by atoms with Gasteiger partial charge in [0, 0.05) is 17.3 Å². The lowest BCUT2D eigenvalue weighted by atomic mass is 10.1. The van der Waals surface area contributed by atoms with Crippen LogP contribution in [0.15, 0.2) is 58.1 Å². The highest BCUT2D eigenvalue weighted by atomic mass is 16.6. The number of hydrogen-bond acceptors (Lipinski definition) is 6. The van der Waals surface area contributed by atoms with Gasteiger partial charge in [0.2, 0.25) is 0 Å². The van der Waals surface area contributed by atoms with Crippen molar-refractivity contribution in [2.45, 2.75) is 6.92 Å². The lowest BCUT2D eigenvalue weighted by Gasteiger charge is -2.06. The van der Waals surface area contributed by atoms with Crippen LogP contribution in [0.2, 0.25) is 0 Å². The second-order valence-corrected chi connectivity index (χ2v) is 5.01. The van der Waals surface area contributed by atoms with Crippen molar-refractivity contribution in [3.63, 3.8) is 0 Å². The molecule has 2 aromatic heterocycles. The van der Waals surface area contributed by atoms with Gasteiger partial charge < -0.3 is 4.42 Å². The summed E-state index contributed by atoms with van der Waals surface area (Å²) in [4.78, 5) is 14.4. The SMILES string of the molecule is Cc1cc(N/N=C\C=C\c2ccc([N+](=O)[O-])o2)c2ccccc2n1. The molecular formula is C17H14N4O3. The van der Waals surface area contributed by atoms with E-state index in [4.69, 9.17) is 4.42 Å². The maximum absolute atomic E-state index is 10.5. The van der Waals surface area contributed by atoms with Gasteiger partial charge in [0.05, 0.1) is 17.3 Å². The molecule has 24 heavy (non-hydrogen) atoms. The van der Waals surface area contributed by atoms with Crippen LogP contribution in [0.5, 0.6) is 0 Å². The van der Waals surface area contributed by atoms with E-state index < -0.39 is 4.92 Å². The van der Waals surface area contributed by atoms with Crippen molar-refractivity contribution in [2.24, 2.45) is 5.10 Å². The minimum atomic E-state index is -0.579. The molecule has 0 atom stereocenters. The van der Waals surface area contributed by atoms with Crippen LogP contribution < -0.4 is 5.43 Å². The smallest absolute Gasteiger partial charge is 0.401 e. The van der Waals surface area contributed by atoms with E-state index in [0.717, 1.165) is 22.3 Å². The maximum Gasteiger partial charge on any atom is 0.433 e. The summed E-state index contributed by atoms with van der Waals surface area (Å²) in [7, 11) is 0. The summed E-state index contributed by atoms with van der Waals surface area (Å²) in [5.41, 5.74) is 5.63. The van der Waals surface area contributed by atoms with Crippen molar-refractivity contribution in [2.75, 3.05) is 5.43 Å². The summed E-state index contributed by atoms with van der Waals surface area (Å²) in [5, 5.41) is 15.6. The molecule has 120 valence electrons. The second kappa shape index (κ2) is 6.74. The Bertz CT molecular complexity index is 944. The fourth-order valence-electron chi connectivity index (χ4n) is 2.22. The Morgan fingerprint density at radius 2 is 2.12 bits per heavy atom. The number of nitrogens with one attached hydrogen (secondary N) is 1. The average Bonchev–Trinajstić information content (AvgIpc) is 3.03. The van der Waals surface area contributed by atoms with Crippen LogP contribution in [0.3, 0.4) is 0 Å². The van der Waals surface area contributed by atoms with E-state index in [-0.39, 0.29) is 5.88 Å². The number of benzene rings is 1. The molecule has 0 unspecified atom stereocenters. The van der Waals surface area contributed by atoms with E-state index in [1.807, 2.05) is 37.3 Å². The average molecular weight is 322 g/mol. The van der Waals surface area contributed by atoms with Gasteiger partial charge in [-0.05, 0) is 37.3 Å². The van der Waals surface area contributed by atoms with Crippen LogP contribution in [-0.4, -0.2) is 16.1 Å². The lowest BCUT2D eigenvalue weighted by molar-refractivity contribution is -0.402. The number of anilines is 1. The van der Waals surface area contributed by atoms with Crippen LogP contribution in [-0.2, 0) is 0 Å². The van der Waals surface area contributed by atoms with Crippen LogP contribution in [0.25, 0.3) is 17.0 Å². The topological polar surface area (TPSA) is 93.6 Å². The molecule has 0 amide bonds. The Kier molecular flexibility index (Phi) is 4.33. The monoisotopic (exact) mass is 322 g/mol. The Morgan fingerprint density at radius 1 is 1.29 bits per heavy atom. The number of nitrogens with zero attached hydrogens (tertiary/aromatic N) is 3. The molecule has 0 fully saturated rings. The maximum atomic E-state index is 10.5. The summed E-state index contributed by atoms with van der Waals surface area (Å²) in [6.45, 7) is 1.92. The molecule has 0 aliphatic heterocycles. The van der Waals surface area contributed by atoms with Gasteiger partial charge in [-0.25, -0.2) is 0 Å². The van der Waals surface area contributed by atoms with Crippen LogP contribution in [0.4, 0.5) is 11.6 Å². The zero-order valence-electron chi connectivity index (χ0n) is 12.8. The number of nitro groups is 1. The van der Waals surface area contributed by atoms with E-state index in [0.29, 0.717) is 5.76 Å². The van der Waals surface area contributed by atoms with Crippen LogP contribution >= 0.6 is 0 Å². The molecule has 0 radical (unpaired) electrons. The van der Waals surface area contributed by atoms with E-state index >= 15 is 0 Å². The molecular weight excluding hydrogens is 308 g/mol. The second-order valence-electron chi connectivity index (χ2n) is 5.01. The number of aromatic nitrogens is 1. The first-order chi connectivity index (χ1) is 11.6. The fraction of sp³-hybridized carbons (Fsp3) is 0.0588. The number of allylic oxidation sites excluding steroid dienone is 1. The first kappa shape index (κ1) is 15.4. The molecule has 3 rings (SSSR count).